The summed E-state index contributed by atoms with van der Waals surface area (Å²) in [5.41, 5.74) is 4.36. The third kappa shape index (κ3) is 6.19. The smallest absolute Gasteiger partial charge is 0.329 e. The van der Waals surface area contributed by atoms with E-state index in [0.717, 1.165) is 5.56 Å². The molecule has 29 heavy (non-hydrogen) atoms. The van der Waals surface area contributed by atoms with Gasteiger partial charge in [0.1, 0.15) is 12.4 Å². The molecule has 0 aliphatic carbocycles. The third-order valence-electron chi connectivity index (χ3n) is 3.83. The van der Waals surface area contributed by atoms with Gasteiger partial charge in [-0.05, 0) is 42.0 Å². The number of rotatable bonds is 6. The summed E-state index contributed by atoms with van der Waals surface area (Å²) in [6.45, 7) is 0.404. The second-order valence-corrected chi connectivity index (χ2v) is 6.41. The number of hydrazone groups is 1. The first kappa shape index (κ1) is 20.1. The number of hydrogen-bond donors (Lipinski definition) is 2. The summed E-state index contributed by atoms with van der Waals surface area (Å²) in [5, 5.41) is 6.84. The highest BCUT2D eigenvalue weighted by Gasteiger charge is 2.12. The van der Waals surface area contributed by atoms with Crippen molar-refractivity contribution in [1.29, 1.82) is 0 Å². The number of anilines is 1. The number of amides is 2. The summed E-state index contributed by atoms with van der Waals surface area (Å²) in [6.07, 6.45) is 1.42. The van der Waals surface area contributed by atoms with E-state index in [1.54, 1.807) is 36.4 Å². The van der Waals surface area contributed by atoms with Gasteiger partial charge in [0.15, 0.2) is 0 Å². The van der Waals surface area contributed by atoms with Crippen LogP contribution in [0.3, 0.4) is 0 Å². The first-order chi connectivity index (χ1) is 14.1. The van der Waals surface area contributed by atoms with Crippen LogP contribution in [0.2, 0.25) is 5.02 Å². The number of benzene rings is 3. The maximum Gasteiger partial charge on any atom is 0.329 e. The molecule has 2 N–H and O–H groups in total. The minimum atomic E-state index is -0.890. The minimum absolute atomic E-state index is 0.404. The molecule has 0 saturated carbocycles. The highest BCUT2D eigenvalue weighted by molar-refractivity contribution is 6.39. The summed E-state index contributed by atoms with van der Waals surface area (Å²) in [7, 11) is 0. The Morgan fingerprint density at radius 1 is 0.897 bits per heavy atom. The first-order valence-electron chi connectivity index (χ1n) is 8.77. The zero-order valence-corrected chi connectivity index (χ0v) is 16.1. The van der Waals surface area contributed by atoms with E-state index in [0.29, 0.717) is 28.6 Å². The first-order valence-corrected chi connectivity index (χ1v) is 9.15. The van der Waals surface area contributed by atoms with Crippen LogP contribution in [0, 0.1) is 0 Å². The number of halogens is 1. The van der Waals surface area contributed by atoms with Crippen molar-refractivity contribution in [3.05, 3.63) is 95.0 Å². The van der Waals surface area contributed by atoms with Gasteiger partial charge in [-0.1, -0.05) is 54.1 Å². The van der Waals surface area contributed by atoms with Crippen molar-refractivity contribution in [1.82, 2.24) is 5.43 Å². The predicted molar refractivity (Wildman–Crippen MR) is 113 cm³/mol. The van der Waals surface area contributed by atoms with Gasteiger partial charge in [-0.25, -0.2) is 5.43 Å². The van der Waals surface area contributed by atoms with Crippen LogP contribution >= 0.6 is 11.6 Å². The standard InChI is InChI=1S/C22H18ClN3O3/c23-18-10-12-19(13-11-18)25-21(27)22(28)26-24-14-17-8-4-5-9-20(17)29-15-16-6-2-1-3-7-16/h1-14H,15H2,(H,25,27)(H,26,28)/b24-14+. The molecule has 0 aliphatic rings. The third-order valence-corrected chi connectivity index (χ3v) is 4.09. The summed E-state index contributed by atoms with van der Waals surface area (Å²) < 4.78 is 5.82. The van der Waals surface area contributed by atoms with E-state index in [4.69, 9.17) is 16.3 Å². The molecule has 0 saturated heterocycles. The van der Waals surface area contributed by atoms with Crippen LogP contribution in [-0.4, -0.2) is 18.0 Å². The van der Waals surface area contributed by atoms with E-state index >= 15 is 0 Å². The summed E-state index contributed by atoms with van der Waals surface area (Å²) in [5.74, 6) is -1.11. The Kier molecular flexibility index (Phi) is 6.97. The zero-order valence-electron chi connectivity index (χ0n) is 15.3. The maximum atomic E-state index is 11.9. The number of para-hydroxylation sites is 1. The summed E-state index contributed by atoms with van der Waals surface area (Å²) >= 11 is 5.79. The van der Waals surface area contributed by atoms with Gasteiger partial charge in [-0.3, -0.25) is 9.59 Å². The van der Waals surface area contributed by atoms with Gasteiger partial charge in [-0.2, -0.15) is 5.10 Å². The van der Waals surface area contributed by atoms with Gasteiger partial charge >= 0.3 is 11.8 Å². The van der Waals surface area contributed by atoms with Crippen molar-refractivity contribution < 1.29 is 14.3 Å². The van der Waals surface area contributed by atoms with E-state index < -0.39 is 11.8 Å². The van der Waals surface area contributed by atoms with Gasteiger partial charge in [0, 0.05) is 16.3 Å². The van der Waals surface area contributed by atoms with Crippen LogP contribution < -0.4 is 15.5 Å². The van der Waals surface area contributed by atoms with E-state index in [1.807, 2.05) is 42.5 Å². The van der Waals surface area contributed by atoms with Crippen LogP contribution in [0.5, 0.6) is 5.75 Å². The van der Waals surface area contributed by atoms with Crippen LogP contribution in [-0.2, 0) is 16.2 Å². The van der Waals surface area contributed by atoms with Crippen LogP contribution in [0.25, 0.3) is 0 Å². The molecule has 0 unspecified atom stereocenters. The molecule has 0 heterocycles. The average Bonchev–Trinajstić information content (AvgIpc) is 2.75. The molecule has 0 atom stereocenters. The normalized spacial score (nSPS) is 10.5. The van der Waals surface area contributed by atoms with Gasteiger partial charge in [0.05, 0.1) is 6.21 Å². The second-order valence-electron chi connectivity index (χ2n) is 5.97. The fourth-order valence-electron chi connectivity index (χ4n) is 2.39. The Morgan fingerprint density at radius 3 is 2.34 bits per heavy atom. The van der Waals surface area contributed by atoms with E-state index in [-0.39, 0.29) is 0 Å². The number of carbonyl (C=O) groups excluding carboxylic acids is 2. The van der Waals surface area contributed by atoms with Crippen molar-refractivity contribution in [2.24, 2.45) is 5.10 Å². The Labute approximate surface area is 173 Å². The van der Waals surface area contributed by atoms with Crippen LogP contribution in [0.15, 0.2) is 84.0 Å². The molecule has 6 nitrogen and oxygen atoms in total. The predicted octanol–water partition coefficient (Wildman–Crippen LogP) is 4.01. The molecule has 3 aromatic carbocycles. The number of carbonyl (C=O) groups is 2. The second kappa shape index (κ2) is 10.1. The monoisotopic (exact) mass is 407 g/mol. The number of hydrogen-bond acceptors (Lipinski definition) is 4. The Balaban J connectivity index is 1.56. The lowest BCUT2D eigenvalue weighted by molar-refractivity contribution is -0.136. The SMILES string of the molecule is O=C(N/N=C/c1ccccc1OCc1ccccc1)C(=O)Nc1ccc(Cl)cc1. The van der Waals surface area contributed by atoms with Gasteiger partial charge in [0.25, 0.3) is 0 Å². The number of ether oxygens (including phenoxy) is 1. The van der Waals surface area contributed by atoms with Gasteiger partial charge in [-0.15, -0.1) is 0 Å². The number of nitrogens with zero attached hydrogens (tertiary/aromatic N) is 1. The largest absolute Gasteiger partial charge is 0.488 e. The Hall–Kier alpha value is -3.64. The average molecular weight is 408 g/mol. The summed E-state index contributed by atoms with van der Waals surface area (Å²) in [6, 6.07) is 23.4. The van der Waals surface area contributed by atoms with Crippen molar-refractivity contribution >= 4 is 35.3 Å². The lowest BCUT2D eigenvalue weighted by atomic mass is 10.2. The Bertz CT molecular complexity index is 1010. The molecule has 3 aromatic rings. The number of nitrogens with one attached hydrogen (secondary N) is 2. The molecule has 0 bridgehead atoms. The van der Waals surface area contributed by atoms with Gasteiger partial charge in [0.2, 0.25) is 0 Å². The fraction of sp³-hybridized carbons (Fsp3) is 0.0455. The van der Waals surface area contributed by atoms with Crippen LogP contribution in [0.1, 0.15) is 11.1 Å². The molecule has 0 aliphatic heterocycles. The maximum absolute atomic E-state index is 11.9. The van der Waals surface area contributed by atoms with E-state index in [1.165, 1.54) is 6.21 Å². The molecular formula is C22H18ClN3O3. The highest BCUT2D eigenvalue weighted by Crippen LogP contribution is 2.17. The quantitative estimate of drug-likeness (QED) is 0.368. The molecule has 3 rings (SSSR count). The molecular weight excluding hydrogens is 390 g/mol. The lowest BCUT2D eigenvalue weighted by Gasteiger charge is -2.09. The molecule has 2 amide bonds. The van der Waals surface area contributed by atoms with Gasteiger partial charge < -0.3 is 10.1 Å². The topological polar surface area (TPSA) is 79.8 Å². The summed E-state index contributed by atoms with van der Waals surface area (Å²) in [4.78, 5) is 23.8. The van der Waals surface area contributed by atoms with Crippen molar-refractivity contribution in [2.75, 3.05) is 5.32 Å². The molecule has 0 aromatic heterocycles. The van der Waals surface area contributed by atoms with Crippen LogP contribution in [0.4, 0.5) is 5.69 Å². The minimum Gasteiger partial charge on any atom is -0.488 e. The van der Waals surface area contributed by atoms with Crippen molar-refractivity contribution in [2.45, 2.75) is 6.61 Å². The van der Waals surface area contributed by atoms with Crippen molar-refractivity contribution in [3.8, 4) is 5.75 Å². The molecule has 0 fully saturated rings. The highest BCUT2D eigenvalue weighted by atomic mass is 35.5. The van der Waals surface area contributed by atoms with E-state index in [2.05, 4.69) is 15.8 Å². The molecule has 0 radical (unpaired) electrons. The fourth-order valence-corrected chi connectivity index (χ4v) is 2.51. The molecule has 0 spiro atoms. The lowest BCUT2D eigenvalue weighted by Crippen LogP contribution is -2.32. The zero-order chi connectivity index (χ0) is 20.5. The molecule has 146 valence electrons. The van der Waals surface area contributed by atoms with E-state index in [9.17, 15) is 9.59 Å². The molecule has 7 heteroatoms. The Morgan fingerprint density at radius 2 is 1.59 bits per heavy atom. The van der Waals surface area contributed by atoms with Crippen molar-refractivity contribution in [3.63, 3.8) is 0 Å².